The van der Waals surface area contributed by atoms with Crippen LogP contribution in [0.25, 0.3) is 10.9 Å². The zero-order valence-corrected chi connectivity index (χ0v) is 13.8. The second-order valence-electron chi connectivity index (χ2n) is 6.06. The lowest BCUT2D eigenvalue weighted by Gasteiger charge is -2.11. The molecule has 3 rings (SSSR count). The zero-order valence-electron chi connectivity index (χ0n) is 13.8. The third kappa shape index (κ3) is 3.49. The SMILES string of the molecule is CC(CCO)NC(=O)c1cn(Cc2ccccc2)c2ccccc12. The first kappa shape index (κ1) is 16.3. The van der Waals surface area contributed by atoms with Crippen LogP contribution in [0.15, 0.2) is 60.8 Å². The quantitative estimate of drug-likeness (QED) is 0.732. The molecule has 1 aromatic heterocycles. The molecule has 1 atom stereocenters. The highest BCUT2D eigenvalue weighted by atomic mass is 16.3. The zero-order chi connectivity index (χ0) is 16.9. The molecule has 4 nitrogen and oxygen atoms in total. The van der Waals surface area contributed by atoms with Gasteiger partial charge in [-0.25, -0.2) is 0 Å². The number of carbonyl (C=O) groups is 1. The van der Waals surface area contributed by atoms with Crippen molar-refractivity contribution < 1.29 is 9.90 Å². The van der Waals surface area contributed by atoms with Gasteiger partial charge in [-0.15, -0.1) is 0 Å². The van der Waals surface area contributed by atoms with Crippen molar-refractivity contribution in [3.05, 3.63) is 71.9 Å². The van der Waals surface area contributed by atoms with Crippen molar-refractivity contribution in [2.24, 2.45) is 0 Å². The molecule has 0 saturated carbocycles. The maximum atomic E-state index is 12.6. The summed E-state index contributed by atoms with van der Waals surface area (Å²) < 4.78 is 2.11. The molecule has 0 aliphatic rings. The molecule has 0 fully saturated rings. The van der Waals surface area contributed by atoms with Crippen LogP contribution < -0.4 is 5.32 Å². The van der Waals surface area contributed by atoms with Crippen LogP contribution in [0.5, 0.6) is 0 Å². The van der Waals surface area contributed by atoms with E-state index in [9.17, 15) is 4.79 Å². The van der Waals surface area contributed by atoms with Crippen LogP contribution >= 0.6 is 0 Å². The first-order valence-electron chi connectivity index (χ1n) is 8.22. The van der Waals surface area contributed by atoms with Crippen LogP contribution in [0, 0.1) is 0 Å². The third-order valence-corrected chi connectivity index (χ3v) is 4.17. The molecule has 0 bridgehead atoms. The molecule has 0 saturated heterocycles. The van der Waals surface area contributed by atoms with E-state index in [4.69, 9.17) is 5.11 Å². The Balaban J connectivity index is 1.93. The van der Waals surface area contributed by atoms with Gasteiger partial charge in [-0.05, 0) is 25.0 Å². The number of aliphatic hydroxyl groups excluding tert-OH is 1. The summed E-state index contributed by atoms with van der Waals surface area (Å²) in [5.41, 5.74) is 2.91. The van der Waals surface area contributed by atoms with E-state index in [-0.39, 0.29) is 18.6 Å². The molecule has 2 N–H and O–H groups in total. The number of carbonyl (C=O) groups excluding carboxylic acids is 1. The molecule has 1 heterocycles. The fourth-order valence-corrected chi connectivity index (χ4v) is 2.91. The Bertz CT molecular complexity index is 824. The van der Waals surface area contributed by atoms with E-state index < -0.39 is 0 Å². The molecule has 3 aromatic rings. The van der Waals surface area contributed by atoms with E-state index in [2.05, 4.69) is 22.0 Å². The lowest BCUT2D eigenvalue weighted by Crippen LogP contribution is -2.33. The van der Waals surface area contributed by atoms with Gasteiger partial charge in [-0.1, -0.05) is 48.5 Å². The molecule has 24 heavy (non-hydrogen) atoms. The summed E-state index contributed by atoms with van der Waals surface area (Å²) in [6, 6.07) is 18.1. The van der Waals surface area contributed by atoms with Crippen LogP contribution in [0.3, 0.4) is 0 Å². The Morgan fingerprint density at radius 2 is 1.83 bits per heavy atom. The summed E-state index contributed by atoms with van der Waals surface area (Å²) in [6.07, 6.45) is 2.47. The van der Waals surface area contributed by atoms with Crippen molar-refractivity contribution in [3.63, 3.8) is 0 Å². The number of benzene rings is 2. The number of hydrogen-bond acceptors (Lipinski definition) is 2. The summed E-state index contributed by atoms with van der Waals surface area (Å²) >= 11 is 0. The highest BCUT2D eigenvalue weighted by Gasteiger charge is 2.16. The van der Waals surface area contributed by atoms with Gasteiger partial charge >= 0.3 is 0 Å². The van der Waals surface area contributed by atoms with E-state index >= 15 is 0 Å². The lowest BCUT2D eigenvalue weighted by molar-refractivity contribution is 0.0936. The topological polar surface area (TPSA) is 54.3 Å². The number of rotatable bonds is 6. The van der Waals surface area contributed by atoms with Gasteiger partial charge in [0, 0.05) is 36.3 Å². The van der Waals surface area contributed by atoms with Crippen LogP contribution in [0.2, 0.25) is 0 Å². The second-order valence-corrected chi connectivity index (χ2v) is 6.06. The minimum Gasteiger partial charge on any atom is -0.396 e. The average molecular weight is 322 g/mol. The maximum Gasteiger partial charge on any atom is 0.253 e. The lowest BCUT2D eigenvalue weighted by atomic mass is 10.1. The predicted octanol–water partition coefficient (Wildman–Crippen LogP) is 3.19. The number of para-hydroxylation sites is 1. The van der Waals surface area contributed by atoms with Crippen molar-refractivity contribution in [3.8, 4) is 0 Å². The Morgan fingerprint density at radius 3 is 2.58 bits per heavy atom. The van der Waals surface area contributed by atoms with Crippen LogP contribution in [-0.2, 0) is 6.54 Å². The fraction of sp³-hybridized carbons (Fsp3) is 0.250. The molecule has 0 radical (unpaired) electrons. The average Bonchev–Trinajstić information content (AvgIpc) is 2.95. The van der Waals surface area contributed by atoms with Gasteiger partial charge in [0.2, 0.25) is 0 Å². The summed E-state index contributed by atoms with van der Waals surface area (Å²) in [7, 11) is 0. The summed E-state index contributed by atoms with van der Waals surface area (Å²) in [5, 5.41) is 12.9. The Hall–Kier alpha value is -2.59. The van der Waals surface area contributed by atoms with Gasteiger partial charge in [0.15, 0.2) is 0 Å². The number of amides is 1. The Labute approximate surface area is 141 Å². The van der Waals surface area contributed by atoms with Crippen molar-refractivity contribution in [1.29, 1.82) is 0 Å². The molecule has 124 valence electrons. The van der Waals surface area contributed by atoms with Crippen molar-refractivity contribution in [2.75, 3.05) is 6.61 Å². The van der Waals surface area contributed by atoms with E-state index in [0.29, 0.717) is 12.0 Å². The molecule has 1 unspecified atom stereocenters. The molecular formula is C20H22N2O2. The van der Waals surface area contributed by atoms with Gasteiger partial charge < -0.3 is 15.0 Å². The summed E-state index contributed by atoms with van der Waals surface area (Å²) in [4.78, 5) is 12.6. The monoisotopic (exact) mass is 322 g/mol. The van der Waals surface area contributed by atoms with Crippen LogP contribution in [-0.4, -0.2) is 28.2 Å². The highest BCUT2D eigenvalue weighted by molar-refractivity contribution is 6.07. The number of nitrogens with zero attached hydrogens (tertiary/aromatic N) is 1. The normalized spacial score (nSPS) is 12.2. The standard InChI is InChI=1S/C20H22N2O2/c1-15(11-12-23)21-20(24)18-14-22(13-16-7-3-2-4-8-16)19-10-6-5-9-17(18)19/h2-10,14-15,23H,11-13H2,1H3,(H,21,24). The highest BCUT2D eigenvalue weighted by Crippen LogP contribution is 2.22. The van der Waals surface area contributed by atoms with Crippen molar-refractivity contribution in [1.82, 2.24) is 9.88 Å². The van der Waals surface area contributed by atoms with Crippen molar-refractivity contribution in [2.45, 2.75) is 25.9 Å². The van der Waals surface area contributed by atoms with Gasteiger partial charge in [-0.3, -0.25) is 4.79 Å². The minimum absolute atomic E-state index is 0.0567. The largest absolute Gasteiger partial charge is 0.396 e. The number of aromatic nitrogens is 1. The van der Waals surface area contributed by atoms with E-state index in [0.717, 1.165) is 17.4 Å². The fourth-order valence-electron chi connectivity index (χ4n) is 2.91. The molecule has 0 aliphatic carbocycles. The first-order valence-corrected chi connectivity index (χ1v) is 8.22. The van der Waals surface area contributed by atoms with Crippen molar-refractivity contribution >= 4 is 16.8 Å². The van der Waals surface area contributed by atoms with Gasteiger partial charge in [0.1, 0.15) is 0 Å². The molecule has 0 spiro atoms. The maximum absolute atomic E-state index is 12.6. The van der Waals surface area contributed by atoms with E-state index in [1.165, 1.54) is 5.56 Å². The number of aliphatic hydroxyl groups is 1. The van der Waals surface area contributed by atoms with E-state index in [1.807, 2.05) is 55.6 Å². The number of fused-ring (bicyclic) bond motifs is 1. The van der Waals surface area contributed by atoms with Gasteiger partial charge in [-0.2, -0.15) is 0 Å². The first-order chi connectivity index (χ1) is 11.7. The minimum atomic E-state index is -0.0982. The van der Waals surface area contributed by atoms with Gasteiger partial charge in [0.05, 0.1) is 5.56 Å². The Morgan fingerprint density at radius 1 is 1.12 bits per heavy atom. The molecule has 0 aliphatic heterocycles. The van der Waals surface area contributed by atoms with E-state index in [1.54, 1.807) is 0 Å². The van der Waals surface area contributed by atoms with Gasteiger partial charge in [0.25, 0.3) is 5.91 Å². The third-order valence-electron chi connectivity index (χ3n) is 4.17. The molecule has 4 heteroatoms. The summed E-state index contributed by atoms with van der Waals surface area (Å²) in [6.45, 7) is 2.69. The predicted molar refractivity (Wildman–Crippen MR) is 96.1 cm³/mol. The molecule has 1 amide bonds. The number of nitrogens with one attached hydrogen (secondary N) is 1. The smallest absolute Gasteiger partial charge is 0.253 e. The summed E-state index contributed by atoms with van der Waals surface area (Å²) in [5.74, 6) is -0.0982. The number of hydrogen-bond donors (Lipinski definition) is 2. The van der Waals surface area contributed by atoms with Crippen LogP contribution in [0.4, 0.5) is 0 Å². The van der Waals surface area contributed by atoms with Crippen LogP contribution in [0.1, 0.15) is 29.3 Å². The Kier molecular flexibility index (Phi) is 4.96. The molecular weight excluding hydrogens is 300 g/mol. The molecule has 2 aromatic carbocycles. The second kappa shape index (κ2) is 7.32.